The number of nitrogens with one attached hydrogen (secondary N) is 1. The van der Waals surface area contributed by atoms with Crippen molar-refractivity contribution in [1.29, 1.82) is 0 Å². The Kier molecular flexibility index (Phi) is 4.52. The standard InChI is InChI=1S/C21H14ClN3O4/c1-11-15(9-13-8-12-4-2-3-5-18(12)23-19(13)26)20(27)25(24-11)14-6-7-17(22)16(10-14)21(28)29/h2-10,24H,1H3,(H,28,29). The number of halogens is 1. The number of carbonyl (C=O) groups excluding carboxylic acids is 1. The lowest BCUT2D eigenvalue weighted by Crippen LogP contribution is -2.30. The molecule has 0 saturated carbocycles. The van der Waals surface area contributed by atoms with Gasteiger partial charge in [0.05, 0.1) is 27.2 Å². The smallest absolute Gasteiger partial charge is 0.337 e. The number of H-pyrrole nitrogens is 1. The summed E-state index contributed by atoms with van der Waals surface area (Å²) in [6, 6.07) is 11.5. The van der Waals surface area contributed by atoms with Gasteiger partial charge in [-0.05, 0) is 43.3 Å². The van der Waals surface area contributed by atoms with Crippen molar-refractivity contribution in [1.82, 2.24) is 9.78 Å². The molecule has 2 N–H and O–H groups in total. The number of fused-ring (bicyclic) bond motifs is 1. The van der Waals surface area contributed by atoms with E-state index in [9.17, 15) is 19.5 Å². The molecule has 4 rings (SSSR count). The first-order valence-corrected chi connectivity index (χ1v) is 8.99. The summed E-state index contributed by atoms with van der Waals surface area (Å²) in [4.78, 5) is 40.7. The van der Waals surface area contributed by atoms with Gasteiger partial charge in [0.25, 0.3) is 11.5 Å². The molecule has 0 saturated heterocycles. The maximum absolute atomic E-state index is 12.9. The first kappa shape index (κ1) is 18.6. The van der Waals surface area contributed by atoms with E-state index in [1.807, 2.05) is 12.1 Å². The highest BCUT2D eigenvalue weighted by atomic mass is 35.5. The van der Waals surface area contributed by atoms with Gasteiger partial charge in [-0.15, -0.1) is 0 Å². The van der Waals surface area contributed by atoms with Crippen LogP contribution in [0.15, 0.2) is 57.8 Å². The van der Waals surface area contributed by atoms with Gasteiger partial charge in [-0.1, -0.05) is 29.8 Å². The summed E-state index contributed by atoms with van der Waals surface area (Å²) < 4.78 is 1.21. The summed E-state index contributed by atoms with van der Waals surface area (Å²) in [5.41, 5.74) is 0.874. The van der Waals surface area contributed by atoms with E-state index in [0.29, 0.717) is 16.7 Å². The first-order chi connectivity index (χ1) is 13.8. The Morgan fingerprint density at radius 1 is 1.21 bits per heavy atom. The number of hydrogen-bond donors (Lipinski definition) is 2. The quantitative estimate of drug-likeness (QED) is 0.646. The highest BCUT2D eigenvalue weighted by Gasteiger charge is 2.17. The van der Waals surface area contributed by atoms with Gasteiger partial charge in [0.1, 0.15) is 0 Å². The van der Waals surface area contributed by atoms with Gasteiger partial charge in [-0.3, -0.25) is 14.7 Å². The maximum atomic E-state index is 12.9. The average molecular weight is 408 g/mol. The van der Waals surface area contributed by atoms with Gasteiger partial charge in [-0.25, -0.2) is 14.5 Å². The minimum atomic E-state index is -1.20. The van der Waals surface area contributed by atoms with Gasteiger partial charge in [-0.2, -0.15) is 0 Å². The number of carbonyl (C=O) groups is 2. The van der Waals surface area contributed by atoms with Crippen molar-refractivity contribution in [2.24, 2.45) is 4.99 Å². The van der Waals surface area contributed by atoms with E-state index in [4.69, 9.17) is 11.6 Å². The zero-order valence-corrected chi connectivity index (χ0v) is 15.9. The predicted octanol–water partition coefficient (Wildman–Crippen LogP) is 1.85. The summed E-state index contributed by atoms with van der Waals surface area (Å²) in [5, 5.41) is 13.6. The molecule has 0 unspecified atom stereocenters. The normalized spacial score (nSPS) is 14.3. The number of nitrogens with zero attached hydrogens (tertiary/aromatic N) is 2. The number of rotatable bonds is 3. The molecule has 0 bridgehead atoms. The van der Waals surface area contributed by atoms with Crippen LogP contribution in [0.2, 0.25) is 5.02 Å². The highest BCUT2D eigenvalue weighted by Crippen LogP contribution is 2.20. The molecule has 1 aromatic heterocycles. The third-order valence-electron chi connectivity index (χ3n) is 4.57. The molecule has 0 radical (unpaired) electrons. The minimum absolute atomic E-state index is 0.0718. The fourth-order valence-corrected chi connectivity index (χ4v) is 3.30. The van der Waals surface area contributed by atoms with Crippen molar-refractivity contribution in [3.05, 3.63) is 90.8 Å². The van der Waals surface area contributed by atoms with E-state index in [0.717, 1.165) is 5.22 Å². The van der Waals surface area contributed by atoms with Gasteiger partial charge < -0.3 is 5.11 Å². The number of aromatic carboxylic acids is 1. The molecule has 2 heterocycles. The molecule has 29 heavy (non-hydrogen) atoms. The number of para-hydroxylation sites is 1. The highest BCUT2D eigenvalue weighted by molar-refractivity contribution is 6.33. The Morgan fingerprint density at radius 2 is 1.97 bits per heavy atom. The lowest BCUT2D eigenvalue weighted by molar-refractivity contribution is -0.114. The van der Waals surface area contributed by atoms with Gasteiger partial charge in [0.15, 0.2) is 0 Å². The lowest BCUT2D eigenvalue weighted by atomic mass is 10.1. The molecule has 0 aliphatic carbocycles. The molecule has 0 fully saturated rings. The largest absolute Gasteiger partial charge is 0.478 e. The van der Waals surface area contributed by atoms with Crippen LogP contribution in [-0.4, -0.2) is 26.8 Å². The van der Waals surface area contributed by atoms with E-state index >= 15 is 0 Å². The second-order valence-corrected chi connectivity index (χ2v) is 6.89. The molecular weight excluding hydrogens is 394 g/mol. The van der Waals surface area contributed by atoms with Crippen LogP contribution in [0, 0.1) is 6.92 Å². The third-order valence-corrected chi connectivity index (χ3v) is 4.90. The summed E-state index contributed by atoms with van der Waals surface area (Å²) in [6.07, 6.45) is 3.17. The number of carboxylic acids is 1. The second kappa shape index (κ2) is 7.03. The van der Waals surface area contributed by atoms with Crippen LogP contribution in [0.3, 0.4) is 0 Å². The summed E-state index contributed by atoms with van der Waals surface area (Å²) in [5.74, 6) is -1.63. The molecule has 144 valence electrons. The number of amides is 1. The lowest BCUT2D eigenvalue weighted by Gasteiger charge is -2.04. The van der Waals surface area contributed by atoms with Crippen LogP contribution in [-0.2, 0) is 4.79 Å². The van der Waals surface area contributed by atoms with Crippen molar-refractivity contribution in [2.75, 3.05) is 0 Å². The molecule has 0 spiro atoms. The van der Waals surface area contributed by atoms with Crippen LogP contribution in [0.1, 0.15) is 21.6 Å². The molecule has 2 aromatic carbocycles. The average Bonchev–Trinajstić information content (AvgIpc) is 2.97. The molecule has 0 atom stereocenters. The molecule has 7 nitrogen and oxygen atoms in total. The van der Waals surface area contributed by atoms with E-state index in [1.165, 1.54) is 29.0 Å². The second-order valence-electron chi connectivity index (χ2n) is 6.48. The van der Waals surface area contributed by atoms with Crippen molar-refractivity contribution >= 4 is 35.6 Å². The Hall–Kier alpha value is -3.71. The summed E-state index contributed by atoms with van der Waals surface area (Å²) in [6.45, 7) is 1.69. The molecule has 1 aliphatic rings. The van der Waals surface area contributed by atoms with Crippen molar-refractivity contribution < 1.29 is 14.7 Å². The number of benzene rings is 2. The zero-order chi connectivity index (χ0) is 20.7. The molecular formula is C21H14ClN3O4. The summed E-state index contributed by atoms with van der Waals surface area (Å²) >= 11 is 5.90. The molecule has 1 amide bonds. The first-order valence-electron chi connectivity index (χ1n) is 8.61. The summed E-state index contributed by atoms with van der Waals surface area (Å²) in [7, 11) is 0. The van der Waals surface area contributed by atoms with Crippen LogP contribution in [0.4, 0.5) is 0 Å². The van der Waals surface area contributed by atoms with Crippen molar-refractivity contribution in [3.63, 3.8) is 0 Å². The molecule has 3 aromatic rings. The van der Waals surface area contributed by atoms with Crippen LogP contribution >= 0.6 is 11.6 Å². The Balaban J connectivity index is 1.84. The van der Waals surface area contributed by atoms with E-state index in [2.05, 4.69) is 10.1 Å². The number of aromatic nitrogens is 2. The molecule has 8 heteroatoms. The number of carboxylic acid groups (broad SMARTS) is 1. The Labute approximate surface area is 168 Å². The third kappa shape index (κ3) is 3.32. The monoisotopic (exact) mass is 407 g/mol. The van der Waals surface area contributed by atoms with Crippen LogP contribution < -0.4 is 16.1 Å². The topological polar surface area (TPSA) is 105 Å². The van der Waals surface area contributed by atoms with Crippen molar-refractivity contribution in [3.8, 4) is 5.69 Å². The number of aryl methyl sites for hydroxylation is 1. The van der Waals surface area contributed by atoms with Gasteiger partial charge in [0.2, 0.25) is 0 Å². The fraction of sp³-hybridized carbons (Fsp3) is 0.0476. The van der Waals surface area contributed by atoms with Gasteiger partial charge in [0, 0.05) is 16.5 Å². The van der Waals surface area contributed by atoms with E-state index in [-0.39, 0.29) is 21.7 Å². The van der Waals surface area contributed by atoms with E-state index < -0.39 is 17.4 Å². The number of hydrogen-bond acceptors (Lipinski definition) is 3. The van der Waals surface area contributed by atoms with Gasteiger partial charge >= 0.3 is 5.97 Å². The Bertz CT molecular complexity index is 1400. The molecule has 1 aliphatic heterocycles. The van der Waals surface area contributed by atoms with Crippen molar-refractivity contribution in [2.45, 2.75) is 6.92 Å². The van der Waals surface area contributed by atoms with Crippen LogP contribution in [0.5, 0.6) is 0 Å². The zero-order valence-electron chi connectivity index (χ0n) is 15.1. The fourth-order valence-electron chi connectivity index (χ4n) is 3.10. The SMILES string of the molecule is Cc1[nH]n(-c2ccc(Cl)c(C(=O)O)c2)c(=O)c1C=C1C=c2ccccc2=NC1=O. The number of aromatic amines is 1. The Morgan fingerprint density at radius 3 is 2.72 bits per heavy atom. The predicted molar refractivity (Wildman–Crippen MR) is 108 cm³/mol. The van der Waals surface area contributed by atoms with Crippen LogP contribution in [0.25, 0.3) is 17.8 Å². The maximum Gasteiger partial charge on any atom is 0.337 e. The van der Waals surface area contributed by atoms with E-state index in [1.54, 1.807) is 25.1 Å². The minimum Gasteiger partial charge on any atom is -0.478 e.